The third-order valence-corrected chi connectivity index (χ3v) is 9.90. The van der Waals surface area contributed by atoms with E-state index in [1.165, 1.54) is 29.2 Å². The van der Waals surface area contributed by atoms with Crippen molar-refractivity contribution in [1.29, 1.82) is 0 Å². The number of ether oxygens (including phenoxy) is 2. The summed E-state index contributed by atoms with van der Waals surface area (Å²) in [6.07, 6.45) is -5.89. The Bertz CT molecular complexity index is 1870. The molecule has 1 fully saturated rings. The molecule has 1 unspecified atom stereocenters. The first-order chi connectivity index (χ1) is 27.0. The summed E-state index contributed by atoms with van der Waals surface area (Å²) in [4.78, 5) is 67.3. The van der Waals surface area contributed by atoms with Crippen LogP contribution < -0.4 is 20.7 Å². The molecule has 4 N–H and O–H groups in total. The average Bonchev–Trinajstić information content (AvgIpc) is 3.61. The van der Waals surface area contributed by atoms with Crippen LogP contribution >= 0.6 is 23.2 Å². The lowest BCUT2D eigenvalue weighted by molar-refractivity contribution is -0.145. The minimum atomic E-state index is -2.96. The molecule has 1 aliphatic heterocycles. The standard InChI is InChI=1S/C41H48Cl2F2N4O8/c1-23(2)22-56-41(55)48-35(24(3)4)39(52)49-21-28(25-9-6-5-7-10-25)19-33(49)38(51)47-32(20-34(44)45)37(50)46-16-15-26-18-30(13-14-31(26)43)57-36(40(53)54)27-11-8-12-29(42)17-27/h5-14,17-18,23-24,28,32-36H,15-16,19-22H2,1-4H3,(H,46,50)(H,47,51)(H,48,55)(H,53,54)/t28-,32+,33+,35+,36?/m1/s1. The Morgan fingerprint density at radius 1 is 0.930 bits per heavy atom. The number of likely N-dealkylation sites (tertiary alicyclic amines) is 1. The molecule has 0 spiro atoms. The van der Waals surface area contributed by atoms with Crippen molar-refractivity contribution in [3.05, 3.63) is 99.5 Å². The fraction of sp³-hybridized carbons (Fsp3) is 0.439. The Kier molecular flexibility index (Phi) is 16.5. The van der Waals surface area contributed by atoms with Gasteiger partial charge >= 0.3 is 12.1 Å². The largest absolute Gasteiger partial charge is 0.478 e. The minimum absolute atomic E-state index is 0.0591. The third-order valence-electron chi connectivity index (χ3n) is 9.30. The number of alkyl carbamates (subject to hydrolysis) is 1. The molecule has 0 bridgehead atoms. The lowest BCUT2D eigenvalue weighted by atomic mass is 9.96. The Morgan fingerprint density at radius 2 is 1.65 bits per heavy atom. The lowest BCUT2D eigenvalue weighted by Gasteiger charge is -2.31. The highest BCUT2D eigenvalue weighted by atomic mass is 35.5. The van der Waals surface area contributed by atoms with Crippen molar-refractivity contribution in [3.63, 3.8) is 0 Å². The zero-order valence-corrected chi connectivity index (χ0v) is 33.6. The second-order valence-electron chi connectivity index (χ2n) is 14.6. The van der Waals surface area contributed by atoms with Crippen LogP contribution in [0.15, 0.2) is 72.8 Å². The molecule has 4 amide bonds. The number of nitrogens with zero attached hydrogens (tertiary/aromatic N) is 1. The van der Waals surface area contributed by atoms with E-state index in [2.05, 4.69) is 16.0 Å². The van der Waals surface area contributed by atoms with Gasteiger partial charge in [-0.05, 0) is 66.1 Å². The maximum absolute atomic E-state index is 14.1. The van der Waals surface area contributed by atoms with Gasteiger partial charge in [0.25, 0.3) is 0 Å². The molecule has 1 heterocycles. The van der Waals surface area contributed by atoms with E-state index in [0.29, 0.717) is 16.1 Å². The van der Waals surface area contributed by atoms with E-state index in [4.69, 9.17) is 32.7 Å². The summed E-state index contributed by atoms with van der Waals surface area (Å²) in [5.41, 5.74) is 1.63. The number of alkyl halides is 2. The number of nitrogens with one attached hydrogen (secondary N) is 3. The highest BCUT2D eigenvalue weighted by Crippen LogP contribution is 2.33. The molecule has 5 atom stereocenters. The van der Waals surface area contributed by atoms with Gasteiger partial charge in [-0.3, -0.25) is 14.4 Å². The number of carboxylic acid groups (broad SMARTS) is 1. The maximum atomic E-state index is 14.1. The Morgan fingerprint density at radius 3 is 2.28 bits per heavy atom. The number of carbonyl (C=O) groups is 5. The molecule has 3 aromatic rings. The number of hydrogen-bond acceptors (Lipinski definition) is 7. The molecule has 3 aromatic carbocycles. The van der Waals surface area contributed by atoms with Crippen molar-refractivity contribution < 1.29 is 47.3 Å². The molecule has 12 nitrogen and oxygen atoms in total. The quantitative estimate of drug-likeness (QED) is 0.109. The van der Waals surface area contributed by atoms with Crippen LogP contribution in [0.4, 0.5) is 13.6 Å². The number of rotatable bonds is 18. The van der Waals surface area contributed by atoms with Gasteiger partial charge in [0, 0.05) is 41.0 Å². The van der Waals surface area contributed by atoms with Crippen molar-refractivity contribution in [2.45, 2.75) is 83.5 Å². The first-order valence-corrected chi connectivity index (χ1v) is 19.4. The highest BCUT2D eigenvalue weighted by Gasteiger charge is 2.44. The van der Waals surface area contributed by atoms with Crippen LogP contribution in [0.25, 0.3) is 0 Å². The van der Waals surface area contributed by atoms with Gasteiger partial charge in [0.1, 0.15) is 23.9 Å². The second-order valence-corrected chi connectivity index (χ2v) is 15.4. The summed E-state index contributed by atoms with van der Waals surface area (Å²) in [6, 6.07) is 16.0. The zero-order chi connectivity index (χ0) is 41.8. The van der Waals surface area contributed by atoms with Gasteiger partial charge in [0.15, 0.2) is 0 Å². The fourth-order valence-electron chi connectivity index (χ4n) is 6.40. The summed E-state index contributed by atoms with van der Waals surface area (Å²) in [6.45, 7) is 7.35. The Hall–Kier alpha value is -4.95. The van der Waals surface area contributed by atoms with Gasteiger partial charge in [-0.1, -0.05) is 93.4 Å². The number of aliphatic carboxylic acids is 1. The van der Waals surface area contributed by atoms with E-state index in [-0.39, 0.29) is 55.1 Å². The number of hydrogen-bond donors (Lipinski definition) is 4. The molecule has 0 aliphatic carbocycles. The van der Waals surface area contributed by atoms with Gasteiger partial charge in [-0.2, -0.15) is 0 Å². The van der Waals surface area contributed by atoms with E-state index in [0.717, 1.165) is 5.56 Å². The molecular weight excluding hydrogens is 785 g/mol. The van der Waals surface area contributed by atoms with Crippen molar-refractivity contribution in [1.82, 2.24) is 20.9 Å². The van der Waals surface area contributed by atoms with Crippen LogP contribution in [0.2, 0.25) is 10.0 Å². The molecule has 0 saturated carbocycles. The summed E-state index contributed by atoms with van der Waals surface area (Å²) in [7, 11) is 0. The van der Waals surface area contributed by atoms with Crippen LogP contribution in [-0.2, 0) is 30.3 Å². The van der Waals surface area contributed by atoms with E-state index in [9.17, 15) is 37.9 Å². The number of carboxylic acids is 1. The van der Waals surface area contributed by atoms with Crippen LogP contribution in [-0.4, -0.2) is 84.0 Å². The van der Waals surface area contributed by atoms with Crippen LogP contribution in [0.1, 0.15) is 69.2 Å². The molecule has 16 heteroatoms. The highest BCUT2D eigenvalue weighted by molar-refractivity contribution is 6.31. The van der Waals surface area contributed by atoms with E-state index < -0.39 is 72.8 Å². The third kappa shape index (κ3) is 13.0. The molecule has 308 valence electrons. The summed E-state index contributed by atoms with van der Waals surface area (Å²) < 4.78 is 38.7. The van der Waals surface area contributed by atoms with Crippen LogP contribution in [0, 0.1) is 11.8 Å². The van der Waals surface area contributed by atoms with Crippen molar-refractivity contribution in [3.8, 4) is 5.75 Å². The summed E-state index contributed by atoms with van der Waals surface area (Å²) in [5, 5.41) is 18.1. The normalized spacial score (nSPS) is 16.9. The van der Waals surface area contributed by atoms with E-state index in [1.54, 1.807) is 32.0 Å². The Labute approximate surface area is 340 Å². The molecule has 4 rings (SSSR count). The van der Waals surface area contributed by atoms with Gasteiger partial charge in [-0.25, -0.2) is 18.4 Å². The predicted octanol–water partition coefficient (Wildman–Crippen LogP) is 6.79. The Balaban J connectivity index is 1.47. The fourth-order valence-corrected chi connectivity index (χ4v) is 6.81. The topological polar surface area (TPSA) is 163 Å². The molecular formula is C41H48Cl2F2N4O8. The number of amides is 4. The molecule has 0 aromatic heterocycles. The monoisotopic (exact) mass is 832 g/mol. The van der Waals surface area contributed by atoms with E-state index >= 15 is 0 Å². The van der Waals surface area contributed by atoms with Crippen molar-refractivity contribution in [2.75, 3.05) is 19.7 Å². The van der Waals surface area contributed by atoms with Crippen molar-refractivity contribution in [2.24, 2.45) is 11.8 Å². The molecule has 57 heavy (non-hydrogen) atoms. The van der Waals surface area contributed by atoms with Gasteiger partial charge in [-0.15, -0.1) is 0 Å². The smallest absolute Gasteiger partial charge is 0.407 e. The van der Waals surface area contributed by atoms with Gasteiger partial charge in [0.05, 0.1) is 6.61 Å². The lowest BCUT2D eigenvalue weighted by Crippen LogP contribution is -2.57. The first-order valence-electron chi connectivity index (χ1n) is 18.6. The maximum Gasteiger partial charge on any atom is 0.407 e. The molecule has 0 radical (unpaired) electrons. The zero-order valence-electron chi connectivity index (χ0n) is 32.1. The number of benzene rings is 3. The van der Waals surface area contributed by atoms with Gasteiger partial charge in [0.2, 0.25) is 30.3 Å². The summed E-state index contributed by atoms with van der Waals surface area (Å²) >= 11 is 12.4. The van der Waals surface area contributed by atoms with Gasteiger partial charge < -0.3 is 35.4 Å². The minimum Gasteiger partial charge on any atom is -0.478 e. The molecule has 1 saturated heterocycles. The van der Waals surface area contributed by atoms with Crippen LogP contribution in [0.5, 0.6) is 5.75 Å². The summed E-state index contributed by atoms with van der Waals surface area (Å²) in [5.74, 6) is -3.96. The van der Waals surface area contributed by atoms with Crippen molar-refractivity contribution >= 4 is 53.0 Å². The predicted molar refractivity (Wildman–Crippen MR) is 210 cm³/mol. The first kappa shape index (κ1) is 44.8. The second kappa shape index (κ2) is 21.0. The SMILES string of the molecule is CC(C)COC(=O)N[C@H](C(=O)N1C[C@H](c2ccccc2)C[C@H]1C(=O)N[C@@H](CC(F)F)C(=O)NCCc1cc(OC(C(=O)O)c2cccc(Cl)c2)ccc1Cl)C(C)C. The number of halogens is 4. The van der Waals surface area contributed by atoms with E-state index in [1.807, 2.05) is 44.2 Å². The molecule has 1 aliphatic rings. The average molecular weight is 834 g/mol. The number of carbonyl (C=O) groups excluding carboxylic acids is 4. The van der Waals surface area contributed by atoms with Crippen LogP contribution in [0.3, 0.4) is 0 Å².